The Labute approximate surface area is 115 Å². The van der Waals surface area contributed by atoms with Crippen molar-refractivity contribution >= 4 is 11.6 Å². The highest BCUT2D eigenvalue weighted by Gasteiger charge is 2.19. The van der Waals surface area contributed by atoms with Crippen LogP contribution in [-0.2, 0) is 0 Å². The van der Waals surface area contributed by atoms with Crippen LogP contribution in [0.3, 0.4) is 0 Å². The number of carbonyl (C=O) groups excluding carboxylic acids is 1. The van der Waals surface area contributed by atoms with Crippen molar-refractivity contribution in [1.82, 2.24) is 4.90 Å². The second-order valence-corrected chi connectivity index (χ2v) is 4.83. The zero-order valence-electron chi connectivity index (χ0n) is 12.1. The maximum absolute atomic E-state index is 12.5. The van der Waals surface area contributed by atoms with Crippen molar-refractivity contribution < 1.29 is 4.79 Å². The summed E-state index contributed by atoms with van der Waals surface area (Å²) < 4.78 is 0. The summed E-state index contributed by atoms with van der Waals surface area (Å²) in [6.45, 7) is 7.17. The van der Waals surface area contributed by atoms with E-state index in [-0.39, 0.29) is 11.9 Å². The van der Waals surface area contributed by atoms with Gasteiger partial charge in [-0.2, -0.15) is 0 Å². The fourth-order valence-corrected chi connectivity index (χ4v) is 1.95. The predicted octanol–water partition coefficient (Wildman–Crippen LogP) is 3.01. The predicted molar refractivity (Wildman–Crippen MR) is 79.9 cm³/mol. The average molecular weight is 263 g/mol. The molecule has 0 fully saturated rings. The van der Waals surface area contributed by atoms with Crippen molar-refractivity contribution in [2.24, 2.45) is 5.84 Å². The molecule has 0 spiro atoms. The highest BCUT2D eigenvalue weighted by molar-refractivity contribution is 5.94. The summed E-state index contributed by atoms with van der Waals surface area (Å²) in [5, 5.41) is 0. The number of hydrazine groups is 1. The third-order valence-corrected chi connectivity index (χ3v) is 3.43. The Kier molecular flexibility index (Phi) is 6.36. The number of unbranched alkanes of at least 4 members (excludes halogenated alkanes) is 1. The Morgan fingerprint density at radius 2 is 1.95 bits per heavy atom. The van der Waals surface area contributed by atoms with Crippen molar-refractivity contribution in [2.45, 2.75) is 46.1 Å². The molecule has 19 heavy (non-hydrogen) atoms. The first-order valence-corrected chi connectivity index (χ1v) is 7.01. The Bertz CT molecular complexity index is 389. The molecule has 0 radical (unpaired) electrons. The number of hydrogen-bond donors (Lipinski definition) is 2. The van der Waals surface area contributed by atoms with E-state index in [4.69, 9.17) is 5.84 Å². The van der Waals surface area contributed by atoms with E-state index in [1.54, 1.807) is 0 Å². The zero-order chi connectivity index (χ0) is 14.3. The van der Waals surface area contributed by atoms with Crippen molar-refractivity contribution in [1.29, 1.82) is 0 Å². The molecule has 0 aliphatic heterocycles. The van der Waals surface area contributed by atoms with Crippen LogP contribution in [0.25, 0.3) is 0 Å². The molecule has 0 aliphatic carbocycles. The molecule has 0 saturated carbocycles. The number of benzene rings is 1. The van der Waals surface area contributed by atoms with Gasteiger partial charge in [-0.15, -0.1) is 0 Å². The molecule has 1 unspecified atom stereocenters. The van der Waals surface area contributed by atoms with E-state index in [1.165, 1.54) is 0 Å². The molecule has 1 rings (SSSR count). The monoisotopic (exact) mass is 263 g/mol. The third kappa shape index (κ3) is 4.24. The standard InChI is InChI=1S/C15H25N3O/c1-4-6-11-18(12(3)5-2)15(19)13-7-9-14(17-16)10-8-13/h7-10,12,17H,4-6,11,16H2,1-3H3. The molecule has 0 aromatic heterocycles. The van der Waals surface area contributed by atoms with Crippen LogP contribution in [0.15, 0.2) is 24.3 Å². The molecule has 4 nitrogen and oxygen atoms in total. The van der Waals surface area contributed by atoms with E-state index in [0.717, 1.165) is 37.1 Å². The molecule has 106 valence electrons. The third-order valence-electron chi connectivity index (χ3n) is 3.43. The first-order valence-electron chi connectivity index (χ1n) is 7.01. The van der Waals surface area contributed by atoms with Crippen LogP contribution in [0, 0.1) is 0 Å². The minimum absolute atomic E-state index is 0.103. The van der Waals surface area contributed by atoms with Crippen LogP contribution in [-0.4, -0.2) is 23.4 Å². The maximum atomic E-state index is 12.5. The quantitative estimate of drug-likeness (QED) is 0.587. The lowest BCUT2D eigenvalue weighted by atomic mass is 10.1. The lowest BCUT2D eigenvalue weighted by molar-refractivity contribution is 0.0685. The Balaban J connectivity index is 2.84. The molecule has 1 aromatic rings. The molecule has 0 aliphatic rings. The topological polar surface area (TPSA) is 58.4 Å². The van der Waals surface area contributed by atoms with E-state index in [9.17, 15) is 4.79 Å². The Hall–Kier alpha value is -1.55. The SMILES string of the molecule is CCCCN(C(=O)c1ccc(NN)cc1)C(C)CC. The van der Waals surface area contributed by atoms with E-state index in [1.807, 2.05) is 29.2 Å². The number of nitrogens with one attached hydrogen (secondary N) is 1. The first-order chi connectivity index (χ1) is 9.13. The van der Waals surface area contributed by atoms with Crippen LogP contribution in [0.5, 0.6) is 0 Å². The number of carbonyl (C=O) groups is 1. The number of nitrogens with zero attached hydrogens (tertiary/aromatic N) is 1. The number of nitrogens with two attached hydrogens (primary N) is 1. The average Bonchev–Trinajstić information content (AvgIpc) is 2.47. The Morgan fingerprint density at radius 1 is 1.32 bits per heavy atom. The van der Waals surface area contributed by atoms with E-state index in [2.05, 4.69) is 26.2 Å². The first kappa shape index (κ1) is 15.5. The van der Waals surface area contributed by atoms with Crippen molar-refractivity contribution in [2.75, 3.05) is 12.0 Å². The van der Waals surface area contributed by atoms with Gasteiger partial charge in [0.05, 0.1) is 0 Å². The van der Waals surface area contributed by atoms with Crippen molar-refractivity contribution in [3.8, 4) is 0 Å². The summed E-state index contributed by atoms with van der Waals surface area (Å²) in [5.41, 5.74) is 4.09. The van der Waals surface area contributed by atoms with Gasteiger partial charge in [0.15, 0.2) is 0 Å². The summed E-state index contributed by atoms with van der Waals surface area (Å²) >= 11 is 0. The number of anilines is 1. The largest absolute Gasteiger partial charge is 0.336 e. The van der Waals surface area contributed by atoms with Gasteiger partial charge >= 0.3 is 0 Å². The molecule has 1 amide bonds. The van der Waals surface area contributed by atoms with E-state index >= 15 is 0 Å². The van der Waals surface area contributed by atoms with Gasteiger partial charge in [0.2, 0.25) is 0 Å². The van der Waals surface area contributed by atoms with Gasteiger partial charge in [-0.3, -0.25) is 10.6 Å². The molecule has 4 heteroatoms. The van der Waals surface area contributed by atoms with Crippen molar-refractivity contribution in [3.05, 3.63) is 29.8 Å². The summed E-state index contributed by atoms with van der Waals surface area (Å²) in [6, 6.07) is 7.55. The summed E-state index contributed by atoms with van der Waals surface area (Å²) in [4.78, 5) is 14.5. The molecule has 0 saturated heterocycles. The fourth-order valence-electron chi connectivity index (χ4n) is 1.95. The number of nitrogen functional groups attached to an aromatic ring is 1. The maximum Gasteiger partial charge on any atom is 0.254 e. The molecule has 1 aromatic carbocycles. The highest BCUT2D eigenvalue weighted by atomic mass is 16.2. The summed E-state index contributed by atoms with van der Waals surface area (Å²) in [7, 11) is 0. The molecular weight excluding hydrogens is 238 g/mol. The fraction of sp³-hybridized carbons (Fsp3) is 0.533. The molecule has 0 heterocycles. The normalized spacial score (nSPS) is 12.0. The molecule has 3 N–H and O–H groups in total. The van der Waals surface area contributed by atoms with Crippen LogP contribution in [0.1, 0.15) is 50.4 Å². The van der Waals surface area contributed by atoms with Crippen LogP contribution in [0.4, 0.5) is 5.69 Å². The lowest BCUT2D eigenvalue weighted by Gasteiger charge is -2.28. The van der Waals surface area contributed by atoms with Gasteiger partial charge in [0, 0.05) is 23.8 Å². The van der Waals surface area contributed by atoms with Gasteiger partial charge in [-0.25, -0.2) is 0 Å². The van der Waals surface area contributed by atoms with Gasteiger partial charge in [-0.05, 0) is 44.0 Å². The molecule has 1 atom stereocenters. The lowest BCUT2D eigenvalue weighted by Crippen LogP contribution is -2.39. The zero-order valence-corrected chi connectivity index (χ0v) is 12.1. The smallest absolute Gasteiger partial charge is 0.254 e. The minimum Gasteiger partial charge on any atom is -0.336 e. The second kappa shape index (κ2) is 7.79. The van der Waals surface area contributed by atoms with Crippen molar-refractivity contribution in [3.63, 3.8) is 0 Å². The van der Waals surface area contributed by atoms with Crippen LogP contribution in [0.2, 0.25) is 0 Å². The molecule has 0 bridgehead atoms. The number of rotatable bonds is 7. The minimum atomic E-state index is 0.103. The van der Waals surface area contributed by atoms with E-state index < -0.39 is 0 Å². The van der Waals surface area contributed by atoms with Crippen LogP contribution >= 0.6 is 0 Å². The molecular formula is C15H25N3O. The van der Waals surface area contributed by atoms with E-state index in [0.29, 0.717) is 0 Å². The summed E-state index contributed by atoms with van der Waals surface area (Å²) in [6.07, 6.45) is 3.10. The Morgan fingerprint density at radius 3 is 2.42 bits per heavy atom. The second-order valence-electron chi connectivity index (χ2n) is 4.83. The van der Waals surface area contributed by atoms with Gasteiger partial charge in [-0.1, -0.05) is 20.3 Å². The van der Waals surface area contributed by atoms with Gasteiger partial charge in [0.1, 0.15) is 0 Å². The highest BCUT2D eigenvalue weighted by Crippen LogP contribution is 2.14. The summed E-state index contributed by atoms with van der Waals surface area (Å²) in [5.74, 6) is 5.43. The number of amides is 1. The van der Waals surface area contributed by atoms with Gasteiger partial charge < -0.3 is 10.3 Å². The number of hydrogen-bond acceptors (Lipinski definition) is 3. The van der Waals surface area contributed by atoms with Crippen LogP contribution < -0.4 is 11.3 Å². The van der Waals surface area contributed by atoms with Gasteiger partial charge in [0.25, 0.3) is 5.91 Å².